The number of piperidine rings is 1. The van der Waals surface area contributed by atoms with E-state index < -0.39 is 0 Å². The van der Waals surface area contributed by atoms with Crippen LogP contribution in [0.1, 0.15) is 57.8 Å². The average Bonchev–Trinajstić information content (AvgIpc) is 3.17. The van der Waals surface area contributed by atoms with Gasteiger partial charge in [-0.15, -0.1) is 0 Å². The molecule has 1 unspecified atom stereocenters. The number of hydrogen-bond acceptors (Lipinski definition) is 3. The Bertz CT molecular complexity index is 335. The van der Waals surface area contributed by atoms with Crippen molar-refractivity contribution < 1.29 is 4.79 Å². The molecule has 3 fully saturated rings. The van der Waals surface area contributed by atoms with E-state index in [0.29, 0.717) is 6.04 Å². The summed E-state index contributed by atoms with van der Waals surface area (Å²) < 4.78 is 0. The molecule has 3 aliphatic rings. The maximum absolute atomic E-state index is 12.1. The summed E-state index contributed by atoms with van der Waals surface area (Å²) in [6.07, 6.45) is 11.0. The van der Waals surface area contributed by atoms with E-state index >= 15 is 0 Å². The first-order chi connectivity index (χ1) is 10.3. The number of hydrogen-bond donors (Lipinski definition) is 2. The van der Waals surface area contributed by atoms with Crippen LogP contribution < -0.4 is 10.6 Å². The Morgan fingerprint density at radius 1 is 1.10 bits per heavy atom. The van der Waals surface area contributed by atoms with Crippen molar-refractivity contribution >= 4 is 5.91 Å². The molecule has 2 aliphatic heterocycles. The van der Waals surface area contributed by atoms with Gasteiger partial charge < -0.3 is 10.6 Å². The molecule has 2 saturated heterocycles. The SMILES string of the molecule is O=C(CCC1CCNCC1)NC1CCN(C2CCCC2)C1. The van der Waals surface area contributed by atoms with Crippen LogP contribution in [0.2, 0.25) is 0 Å². The highest BCUT2D eigenvalue weighted by molar-refractivity contribution is 5.76. The summed E-state index contributed by atoms with van der Waals surface area (Å²) >= 11 is 0. The third-order valence-corrected chi connectivity index (χ3v) is 5.66. The largest absolute Gasteiger partial charge is 0.352 e. The van der Waals surface area contributed by atoms with Crippen molar-refractivity contribution in [3.05, 3.63) is 0 Å². The molecule has 0 radical (unpaired) electrons. The van der Waals surface area contributed by atoms with Crippen molar-refractivity contribution in [2.75, 3.05) is 26.2 Å². The van der Waals surface area contributed by atoms with Gasteiger partial charge in [-0.25, -0.2) is 0 Å². The fraction of sp³-hybridized carbons (Fsp3) is 0.941. The highest BCUT2D eigenvalue weighted by Gasteiger charge is 2.30. The van der Waals surface area contributed by atoms with Crippen LogP contribution in [-0.4, -0.2) is 49.1 Å². The molecule has 1 saturated carbocycles. The number of rotatable bonds is 5. The number of carbonyl (C=O) groups excluding carboxylic acids is 1. The lowest BCUT2D eigenvalue weighted by Gasteiger charge is -2.24. The molecule has 1 amide bonds. The molecule has 1 aliphatic carbocycles. The minimum atomic E-state index is 0.284. The summed E-state index contributed by atoms with van der Waals surface area (Å²) in [5.74, 6) is 1.04. The molecule has 1 atom stereocenters. The maximum Gasteiger partial charge on any atom is 0.220 e. The lowest BCUT2D eigenvalue weighted by Crippen LogP contribution is -2.39. The van der Waals surface area contributed by atoms with Gasteiger partial charge in [-0.1, -0.05) is 12.8 Å². The van der Waals surface area contributed by atoms with Gasteiger partial charge in [0.1, 0.15) is 0 Å². The van der Waals surface area contributed by atoms with Crippen molar-refractivity contribution in [2.24, 2.45) is 5.92 Å². The molecule has 0 aromatic rings. The molecule has 0 aromatic carbocycles. The monoisotopic (exact) mass is 293 g/mol. The molecule has 2 N–H and O–H groups in total. The van der Waals surface area contributed by atoms with E-state index in [9.17, 15) is 4.79 Å². The van der Waals surface area contributed by atoms with Gasteiger partial charge in [-0.2, -0.15) is 0 Å². The second kappa shape index (κ2) is 7.59. The number of likely N-dealkylation sites (tertiary alicyclic amines) is 1. The summed E-state index contributed by atoms with van der Waals surface area (Å²) in [5.41, 5.74) is 0. The van der Waals surface area contributed by atoms with Crippen molar-refractivity contribution in [1.29, 1.82) is 0 Å². The molecule has 0 aromatic heterocycles. The zero-order valence-electron chi connectivity index (χ0n) is 13.3. The fourth-order valence-electron chi connectivity index (χ4n) is 4.31. The molecule has 0 bridgehead atoms. The Balaban J connectivity index is 1.33. The first kappa shape index (κ1) is 15.3. The first-order valence-corrected chi connectivity index (χ1v) is 9.05. The third kappa shape index (κ3) is 4.43. The van der Waals surface area contributed by atoms with Crippen molar-refractivity contribution in [3.8, 4) is 0 Å². The predicted octanol–water partition coefficient (Wildman–Crippen LogP) is 1.90. The van der Waals surface area contributed by atoms with Gasteiger partial charge in [0.15, 0.2) is 0 Å². The van der Waals surface area contributed by atoms with Gasteiger partial charge >= 0.3 is 0 Å². The smallest absolute Gasteiger partial charge is 0.220 e. The highest BCUT2D eigenvalue weighted by Crippen LogP contribution is 2.26. The Morgan fingerprint density at radius 2 is 1.86 bits per heavy atom. The molecular formula is C17H31N3O. The summed E-state index contributed by atoms with van der Waals surface area (Å²) in [4.78, 5) is 14.7. The van der Waals surface area contributed by atoms with Crippen molar-refractivity contribution in [1.82, 2.24) is 15.5 Å². The van der Waals surface area contributed by atoms with E-state index in [1.807, 2.05) is 0 Å². The number of amides is 1. The van der Waals surface area contributed by atoms with Crippen LogP contribution in [0.15, 0.2) is 0 Å². The quantitative estimate of drug-likeness (QED) is 0.814. The molecule has 4 nitrogen and oxygen atoms in total. The van der Waals surface area contributed by atoms with Gasteiger partial charge in [-0.05, 0) is 57.5 Å². The van der Waals surface area contributed by atoms with Gasteiger partial charge in [0.2, 0.25) is 5.91 Å². The molecule has 3 rings (SSSR count). The third-order valence-electron chi connectivity index (χ3n) is 5.66. The van der Waals surface area contributed by atoms with Crippen LogP contribution in [-0.2, 0) is 4.79 Å². The minimum absolute atomic E-state index is 0.284. The lowest BCUT2D eigenvalue weighted by atomic mass is 9.93. The molecule has 4 heteroatoms. The lowest BCUT2D eigenvalue weighted by molar-refractivity contribution is -0.122. The minimum Gasteiger partial charge on any atom is -0.352 e. The van der Waals surface area contributed by atoms with Crippen LogP contribution in [0.4, 0.5) is 0 Å². The van der Waals surface area contributed by atoms with Crippen LogP contribution in [0.5, 0.6) is 0 Å². The maximum atomic E-state index is 12.1. The van der Waals surface area contributed by atoms with Crippen LogP contribution >= 0.6 is 0 Å². The highest BCUT2D eigenvalue weighted by atomic mass is 16.1. The van der Waals surface area contributed by atoms with Crippen LogP contribution in [0.3, 0.4) is 0 Å². The van der Waals surface area contributed by atoms with Gasteiger partial charge in [0.25, 0.3) is 0 Å². The van der Waals surface area contributed by atoms with E-state index in [0.717, 1.165) is 50.9 Å². The normalized spacial score (nSPS) is 29.0. The predicted molar refractivity (Wildman–Crippen MR) is 85.2 cm³/mol. The Kier molecular flexibility index (Phi) is 5.53. The number of carbonyl (C=O) groups is 1. The summed E-state index contributed by atoms with van der Waals surface area (Å²) in [6.45, 7) is 4.53. The fourth-order valence-corrected chi connectivity index (χ4v) is 4.31. The zero-order valence-corrected chi connectivity index (χ0v) is 13.3. The second-order valence-electron chi connectivity index (χ2n) is 7.22. The van der Waals surface area contributed by atoms with E-state index in [1.54, 1.807) is 0 Å². The summed E-state index contributed by atoms with van der Waals surface area (Å²) in [6, 6.07) is 1.22. The molecular weight excluding hydrogens is 262 g/mol. The Morgan fingerprint density at radius 3 is 2.62 bits per heavy atom. The van der Waals surface area contributed by atoms with E-state index in [2.05, 4.69) is 15.5 Å². The second-order valence-corrected chi connectivity index (χ2v) is 7.22. The Hall–Kier alpha value is -0.610. The van der Waals surface area contributed by atoms with Gasteiger partial charge in [0, 0.05) is 31.6 Å². The van der Waals surface area contributed by atoms with Crippen molar-refractivity contribution in [3.63, 3.8) is 0 Å². The Labute approximate surface area is 129 Å². The van der Waals surface area contributed by atoms with Gasteiger partial charge in [0.05, 0.1) is 0 Å². The summed E-state index contributed by atoms with van der Waals surface area (Å²) in [5, 5.41) is 6.66. The molecule has 2 heterocycles. The topological polar surface area (TPSA) is 44.4 Å². The van der Waals surface area contributed by atoms with E-state index in [-0.39, 0.29) is 5.91 Å². The van der Waals surface area contributed by atoms with E-state index in [4.69, 9.17) is 0 Å². The molecule has 21 heavy (non-hydrogen) atoms. The molecule has 120 valence electrons. The van der Waals surface area contributed by atoms with Crippen molar-refractivity contribution in [2.45, 2.75) is 69.9 Å². The molecule has 0 spiro atoms. The number of nitrogens with zero attached hydrogens (tertiary/aromatic N) is 1. The average molecular weight is 293 g/mol. The van der Waals surface area contributed by atoms with Crippen LogP contribution in [0, 0.1) is 5.92 Å². The van der Waals surface area contributed by atoms with Crippen LogP contribution in [0.25, 0.3) is 0 Å². The number of nitrogens with one attached hydrogen (secondary N) is 2. The standard InChI is InChI=1S/C17H31N3O/c21-17(6-5-14-7-10-18-11-8-14)19-15-9-12-20(13-15)16-3-1-2-4-16/h14-16,18H,1-13H2,(H,19,21). The summed E-state index contributed by atoms with van der Waals surface area (Å²) in [7, 11) is 0. The first-order valence-electron chi connectivity index (χ1n) is 9.05. The van der Waals surface area contributed by atoms with E-state index in [1.165, 1.54) is 45.1 Å². The zero-order chi connectivity index (χ0) is 14.5. The van der Waals surface area contributed by atoms with Gasteiger partial charge in [-0.3, -0.25) is 9.69 Å².